The van der Waals surface area contributed by atoms with Crippen molar-refractivity contribution in [1.29, 1.82) is 0 Å². The maximum Gasteiger partial charge on any atom is 0.0717 e. The molecule has 0 saturated heterocycles. The van der Waals surface area contributed by atoms with Gasteiger partial charge in [0.25, 0.3) is 0 Å². The highest BCUT2D eigenvalue weighted by atomic mass is 16.5. The summed E-state index contributed by atoms with van der Waals surface area (Å²) in [6, 6.07) is 10.1. The zero-order valence-electron chi connectivity index (χ0n) is 19.0. The van der Waals surface area contributed by atoms with Crippen LogP contribution in [0.2, 0.25) is 0 Å². The van der Waals surface area contributed by atoms with Crippen molar-refractivity contribution in [2.24, 2.45) is 11.8 Å². The fourth-order valence-electron chi connectivity index (χ4n) is 3.97. The number of benzene rings is 1. The quantitative estimate of drug-likeness (QED) is 0.257. The van der Waals surface area contributed by atoms with Crippen molar-refractivity contribution >= 4 is 0 Å². The van der Waals surface area contributed by atoms with Crippen LogP contribution < -0.4 is 0 Å². The van der Waals surface area contributed by atoms with Crippen LogP contribution in [0, 0.1) is 11.8 Å². The number of ether oxygens (including phenoxy) is 1. The zero-order chi connectivity index (χ0) is 21.2. The first-order valence-electron chi connectivity index (χ1n) is 12.1. The van der Waals surface area contributed by atoms with Crippen molar-refractivity contribution < 1.29 is 14.9 Å². The molecule has 3 nitrogen and oxygen atoms in total. The average molecular weight is 407 g/mol. The topological polar surface area (TPSA) is 49.7 Å². The maximum absolute atomic E-state index is 10.5. The molecule has 168 valence electrons. The third-order valence-electron chi connectivity index (χ3n) is 6.03. The molecule has 1 aromatic rings. The van der Waals surface area contributed by atoms with Crippen molar-refractivity contribution in [3.63, 3.8) is 0 Å². The van der Waals surface area contributed by atoms with Crippen LogP contribution in [0.15, 0.2) is 30.3 Å². The number of hydrogen-bond acceptors (Lipinski definition) is 3. The minimum atomic E-state index is -0.436. The number of rotatable bonds is 19. The summed E-state index contributed by atoms with van der Waals surface area (Å²) < 4.78 is 5.80. The molecule has 0 saturated carbocycles. The third-order valence-corrected chi connectivity index (χ3v) is 6.03. The predicted molar refractivity (Wildman–Crippen MR) is 123 cm³/mol. The minimum absolute atomic E-state index is 0.0229. The van der Waals surface area contributed by atoms with Crippen LogP contribution in [-0.2, 0) is 11.3 Å². The monoisotopic (exact) mass is 406 g/mol. The van der Waals surface area contributed by atoms with Gasteiger partial charge in [-0.3, -0.25) is 0 Å². The van der Waals surface area contributed by atoms with E-state index >= 15 is 0 Å². The van der Waals surface area contributed by atoms with Gasteiger partial charge in [0.2, 0.25) is 0 Å². The van der Waals surface area contributed by atoms with Crippen LogP contribution in [-0.4, -0.2) is 29.5 Å². The summed E-state index contributed by atoms with van der Waals surface area (Å²) in [6.07, 6.45) is 14.8. The maximum atomic E-state index is 10.5. The van der Waals surface area contributed by atoms with E-state index in [4.69, 9.17) is 4.74 Å². The molecule has 0 spiro atoms. The van der Waals surface area contributed by atoms with E-state index in [-0.39, 0.29) is 18.4 Å². The van der Waals surface area contributed by atoms with E-state index in [1.807, 2.05) is 18.2 Å². The molecule has 1 aromatic carbocycles. The van der Waals surface area contributed by atoms with E-state index in [0.29, 0.717) is 13.2 Å². The molecular formula is C26H46O3. The van der Waals surface area contributed by atoms with E-state index in [9.17, 15) is 10.2 Å². The van der Waals surface area contributed by atoms with Crippen molar-refractivity contribution in [3.05, 3.63) is 35.9 Å². The highest BCUT2D eigenvalue weighted by Crippen LogP contribution is 2.21. The first kappa shape index (κ1) is 26.1. The van der Waals surface area contributed by atoms with Gasteiger partial charge in [0, 0.05) is 12.5 Å². The predicted octanol–water partition coefficient (Wildman–Crippen LogP) is 6.51. The molecule has 1 rings (SSSR count). The molecule has 3 atom stereocenters. The normalized spacial score (nSPS) is 14.6. The standard InChI is InChI=1S/C26H46O3/c1-3-4-5-6-7-8-9-10-11-12-16-19-26(28)25(20-27)23(2)21-29-22-24-17-14-13-15-18-24/h13-15,17-18,23,25-28H,3-12,16,19-22H2,1-2H3/t23-,25+,26+/m0/s1. The van der Waals surface area contributed by atoms with Gasteiger partial charge in [0.15, 0.2) is 0 Å². The Kier molecular flexibility index (Phi) is 16.1. The van der Waals surface area contributed by atoms with Crippen molar-refractivity contribution in [2.45, 2.75) is 104 Å². The van der Waals surface area contributed by atoms with Gasteiger partial charge in [0.05, 0.1) is 19.3 Å². The van der Waals surface area contributed by atoms with Crippen LogP contribution in [0.4, 0.5) is 0 Å². The highest BCUT2D eigenvalue weighted by Gasteiger charge is 2.24. The molecule has 0 fully saturated rings. The fourth-order valence-corrected chi connectivity index (χ4v) is 3.97. The average Bonchev–Trinajstić information content (AvgIpc) is 2.73. The molecule has 0 radical (unpaired) electrons. The largest absolute Gasteiger partial charge is 0.396 e. The van der Waals surface area contributed by atoms with Gasteiger partial charge in [-0.2, -0.15) is 0 Å². The SMILES string of the molecule is CCCCCCCCCCCCC[C@@H](O)[C@H](CO)[C@@H](C)COCc1ccccc1. The molecule has 0 aliphatic heterocycles. The Morgan fingerprint density at radius 3 is 1.93 bits per heavy atom. The fraction of sp³-hybridized carbons (Fsp3) is 0.769. The first-order valence-corrected chi connectivity index (χ1v) is 12.1. The lowest BCUT2D eigenvalue weighted by Crippen LogP contribution is -2.32. The lowest BCUT2D eigenvalue weighted by Gasteiger charge is -2.27. The van der Waals surface area contributed by atoms with E-state index in [1.165, 1.54) is 64.2 Å². The second-order valence-electron chi connectivity index (χ2n) is 8.72. The van der Waals surface area contributed by atoms with Crippen LogP contribution in [0.25, 0.3) is 0 Å². The molecule has 2 N–H and O–H groups in total. The van der Waals surface area contributed by atoms with E-state index < -0.39 is 6.10 Å². The highest BCUT2D eigenvalue weighted by molar-refractivity contribution is 5.13. The summed E-state index contributed by atoms with van der Waals surface area (Å²) in [5.74, 6) is 0.0420. The molecule has 29 heavy (non-hydrogen) atoms. The van der Waals surface area contributed by atoms with Gasteiger partial charge in [-0.25, -0.2) is 0 Å². The van der Waals surface area contributed by atoms with Crippen LogP contribution >= 0.6 is 0 Å². The lowest BCUT2D eigenvalue weighted by atomic mass is 9.87. The van der Waals surface area contributed by atoms with Crippen LogP contribution in [0.5, 0.6) is 0 Å². The first-order chi connectivity index (χ1) is 14.2. The van der Waals surface area contributed by atoms with E-state index in [0.717, 1.165) is 18.4 Å². The Morgan fingerprint density at radius 2 is 1.38 bits per heavy atom. The Balaban J connectivity index is 2.06. The van der Waals surface area contributed by atoms with Crippen molar-refractivity contribution in [2.75, 3.05) is 13.2 Å². The molecule has 0 aliphatic carbocycles. The second kappa shape index (κ2) is 17.9. The number of aliphatic hydroxyl groups excluding tert-OH is 2. The molecule has 0 heterocycles. The summed E-state index contributed by atoms with van der Waals surface area (Å²) in [4.78, 5) is 0. The smallest absolute Gasteiger partial charge is 0.0717 e. The summed E-state index contributed by atoms with van der Waals surface area (Å²) in [5.41, 5.74) is 1.15. The van der Waals surface area contributed by atoms with Gasteiger partial charge in [0.1, 0.15) is 0 Å². The third kappa shape index (κ3) is 13.1. The number of hydrogen-bond donors (Lipinski definition) is 2. The van der Waals surface area contributed by atoms with Gasteiger partial charge in [-0.15, -0.1) is 0 Å². The van der Waals surface area contributed by atoms with Gasteiger partial charge in [-0.1, -0.05) is 115 Å². The van der Waals surface area contributed by atoms with Crippen LogP contribution in [0.3, 0.4) is 0 Å². The Labute approximate surface area is 179 Å². The molecule has 0 bridgehead atoms. The Hall–Kier alpha value is -0.900. The summed E-state index contributed by atoms with van der Waals surface area (Å²) in [5, 5.41) is 20.3. The zero-order valence-corrected chi connectivity index (χ0v) is 19.0. The summed E-state index contributed by atoms with van der Waals surface area (Å²) in [6.45, 7) is 5.50. The van der Waals surface area contributed by atoms with E-state index in [1.54, 1.807) is 0 Å². The lowest BCUT2D eigenvalue weighted by molar-refractivity contribution is -0.00668. The molecule has 0 unspecified atom stereocenters. The summed E-state index contributed by atoms with van der Waals surface area (Å²) >= 11 is 0. The number of aliphatic hydroxyl groups is 2. The summed E-state index contributed by atoms with van der Waals surface area (Å²) in [7, 11) is 0. The Bertz CT molecular complexity index is 462. The molecule has 0 aromatic heterocycles. The van der Waals surface area contributed by atoms with Gasteiger partial charge >= 0.3 is 0 Å². The Morgan fingerprint density at radius 1 is 0.828 bits per heavy atom. The number of unbranched alkanes of at least 4 members (excludes halogenated alkanes) is 10. The minimum Gasteiger partial charge on any atom is -0.396 e. The molecule has 0 amide bonds. The van der Waals surface area contributed by atoms with Gasteiger partial charge < -0.3 is 14.9 Å². The molecular weight excluding hydrogens is 360 g/mol. The molecule has 3 heteroatoms. The van der Waals surface area contributed by atoms with Crippen molar-refractivity contribution in [1.82, 2.24) is 0 Å². The van der Waals surface area contributed by atoms with Gasteiger partial charge in [-0.05, 0) is 17.9 Å². The van der Waals surface area contributed by atoms with Crippen molar-refractivity contribution in [3.8, 4) is 0 Å². The molecule has 0 aliphatic rings. The van der Waals surface area contributed by atoms with E-state index in [2.05, 4.69) is 26.0 Å². The van der Waals surface area contributed by atoms with Crippen LogP contribution in [0.1, 0.15) is 96.5 Å². The second-order valence-corrected chi connectivity index (χ2v) is 8.72.